The Labute approximate surface area is 463 Å². The number of H-pyrrole nitrogens is 1. The van der Waals surface area contributed by atoms with Gasteiger partial charge in [0.05, 0.1) is 0 Å². The first kappa shape index (κ1) is 59.5. The van der Waals surface area contributed by atoms with E-state index in [1.165, 1.54) is 6.20 Å². The van der Waals surface area contributed by atoms with Crippen LogP contribution < -0.4 is 54.4 Å². The second kappa shape index (κ2) is 30.2. The van der Waals surface area contributed by atoms with E-state index in [0.717, 1.165) is 27.2 Å². The molecule has 2 heterocycles. The number of benzene rings is 4. The van der Waals surface area contributed by atoms with Crippen molar-refractivity contribution in [2.75, 3.05) is 24.6 Å². The molecule has 0 bridgehead atoms. The van der Waals surface area contributed by atoms with Gasteiger partial charge in [0.15, 0.2) is 0 Å². The van der Waals surface area contributed by atoms with Gasteiger partial charge in [0.1, 0.15) is 42.3 Å². The molecule has 0 unspecified atom stereocenters. The van der Waals surface area contributed by atoms with Gasteiger partial charge in [-0.15, -0.1) is 0 Å². The van der Waals surface area contributed by atoms with Crippen LogP contribution in [0.15, 0.2) is 128 Å². The first-order valence-electron chi connectivity index (χ1n) is 25.7. The number of fused-ring (bicyclic) bond motifs is 2. The van der Waals surface area contributed by atoms with Gasteiger partial charge in [0, 0.05) is 73.2 Å². The number of amides is 8. The predicted octanol–water partition coefficient (Wildman–Crippen LogP) is 1.72. The third kappa shape index (κ3) is 17.4. The van der Waals surface area contributed by atoms with Crippen molar-refractivity contribution in [2.45, 2.75) is 93.7 Å². The van der Waals surface area contributed by atoms with Gasteiger partial charge in [-0.2, -0.15) is 25.3 Å². The third-order valence-corrected chi connectivity index (χ3v) is 13.8. The van der Waals surface area contributed by atoms with Crippen molar-refractivity contribution < 1.29 is 38.4 Å². The lowest BCUT2D eigenvalue weighted by Gasteiger charge is -2.27. The van der Waals surface area contributed by atoms with Crippen LogP contribution in [-0.2, 0) is 57.6 Å². The van der Waals surface area contributed by atoms with Gasteiger partial charge in [0.2, 0.25) is 47.3 Å². The molecule has 0 saturated heterocycles. The molecule has 2 aromatic heterocycles. The molecule has 6 rings (SSSR count). The lowest BCUT2D eigenvalue weighted by Crippen LogP contribution is -2.59. The van der Waals surface area contributed by atoms with Crippen LogP contribution in [0.2, 0.25) is 0 Å². The van der Waals surface area contributed by atoms with Gasteiger partial charge in [0.25, 0.3) is 0 Å². The Bertz CT molecular complexity index is 3000. The summed E-state index contributed by atoms with van der Waals surface area (Å²) in [6.07, 6.45) is 6.07. The highest BCUT2D eigenvalue weighted by Crippen LogP contribution is 2.22. The molecule has 7 atom stereocenters. The number of thiol groups is 2. The molecule has 0 saturated carbocycles. The minimum atomic E-state index is -1.30. The molecule has 6 aromatic rings. The molecule has 4 aromatic carbocycles. The Morgan fingerprint density at radius 3 is 1.82 bits per heavy atom. The number of carbonyl (C=O) groups is 8. The first-order valence-corrected chi connectivity index (χ1v) is 27.0. The molecule has 8 amide bonds. The number of rotatable bonds is 30. The lowest BCUT2D eigenvalue weighted by molar-refractivity contribution is -0.134. The summed E-state index contributed by atoms with van der Waals surface area (Å²) in [5, 5.41) is 21.8. The number of para-hydroxylation sites is 1. The number of aromatic nitrogens is 2. The van der Waals surface area contributed by atoms with E-state index in [9.17, 15) is 38.4 Å². The van der Waals surface area contributed by atoms with Crippen molar-refractivity contribution in [3.63, 3.8) is 0 Å². The highest BCUT2D eigenvalue weighted by molar-refractivity contribution is 7.80. The quantitative estimate of drug-likeness (QED) is 0.0228. The molecule has 20 nitrogen and oxygen atoms in total. The number of nitrogens with one attached hydrogen (secondary N) is 8. The molecule has 0 radical (unpaired) electrons. The zero-order chi connectivity index (χ0) is 56.0. The van der Waals surface area contributed by atoms with Gasteiger partial charge < -0.3 is 59.4 Å². The van der Waals surface area contributed by atoms with Gasteiger partial charge in [-0.05, 0) is 77.4 Å². The van der Waals surface area contributed by atoms with Crippen molar-refractivity contribution in [3.8, 4) is 0 Å². The van der Waals surface area contributed by atoms with Crippen LogP contribution >= 0.6 is 25.3 Å². The van der Waals surface area contributed by atoms with Crippen LogP contribution in [0.4, 0.5) is 0 Å². The molecule has 0 spiro atoms. The van der Waals surface area contributed by atoms with Crippen LogP contribution in [0.25, 0.3) is 21.7 Å². The van der Waals surface area contributed by atoms with Crippen molar-refractivity contribution in [3.05, 3.63) is 150 Å². The summed E-state index contributed by atoms with van der Waals surface area (Å²) in [5.74, 6) is -5.50. The third-order valence-electron chi connectivity index (χ3n) is 13.0. The average Bonchev–Trinajstić information content (AvgIpc) is 3.89. The molecule has 14 N–H and O–H groups in total. The number of unbranched alkanes of at least 4 members (excludes halogenated alkanes) is 1. The average molecular weight is 1100 g/mol. The summed E-state index contributed by atoms with van der Waals surface area (Å²) >= 11 is 8.59. The van der Waals surface area contributed by atoms with Crippen molar-refractivity contribution in [1.29, 1.82) is 0 Å². The Morgan fingerprint density at radius 2 is 1.14 bits per heavy atom. The van der Waals surface area contributed by atoms with Crippen molar-refractivity contribution in [2.24, 2.45) is 17.2 Å². The van der Waals surface area contributed by atoms with Crippen LogP contribution in [0.3, 0.4) is 0 Å². The fourth-order valence-electron chi connectivity index (χ4n) is 8.77. The highest BCUT2D eigenvalue weighted by atomic mass is 32.1. The van der Waals surface area contributed by atoms with Crippen molar-refractivity contribution in [1.82, 2.24) is 47.2 Å². The topological polar surface area (TPSA) is 328 Å². The van der Waals surface area contributed by atoms with E-state index in [1.54, 1.807) is 54.9 Å². The zero-order valence-corrected chi connectivity index (χ0v) is 44.8. The number of hydrogen-bond donors (Lipinski definition) is 13. The minimum absolute atomic E-state index is 0.0131. The smallest absolute Gasteiger partial charge is 0.244 e. The number of nitrogens with two attached hydrogens (primary N) is 3. The number of nitrogens with zero attached hydrogens (tertiary/aromatic N) is 1. The molecular weight excluding hydrogens is 1030 g/mol. The maximum absolute atomic E-state index is 14.6. The monoisotopic (exact) mass is 1100 g/mol. The van der Waals surface area contributed by atoms with Crippen molar-refractivity contribution >= 4 is 94.2 Å². The van der Waals surface area contributed by atoms with E-state index in [-0.39, 0.29) is 56.6 Å². The molecule has 0 fully saturated rings. The van der Waals surface area contributed by atoms with Gasteiger partial charge in [-0.25, -0.2) is 0 Å². The van der Waals surface area contributed by atoms with E-state index in [4.69, 9.17) is 17.2 Å². The molecule has 22 heteroatoms. The largest absolute Gasteiger partial charge is 0.368 e. The van der Waals surface area contributed by atoms with E-state index in [1.807, 2.05) is 66.7 Å². The first-order chi connectivity index (χ1) is 37.7. The summed E-state index contributed by atoms with van der Waals surface area (Å²) in [6, 6.07) is 24.5. The Morgan fingerprint density at radius 1 is 0.551 bits per heavy atom. The summed E-state index contributed by atoms with van der Waals surface area (Å²) < 4.78 is 0. The normalized spacial score (nSPS) is 13.8. The lowest BCUT2D eigenvalue weighted by atomic mass is 9.98. The summed E-state index contributed by atoms with van der Waals surface area (Å²) in [6.45, 7) is 0.343. The molecule has 0 aliphatic heterocycles. The summed E-state index contributed by atoms with van der Waals surface area (Å²) in [7, 11) is 0. The standard InChI is InChI=1S/C56H68N12O8S2/c57-24-9-8-22-42(51(71)61-26-12-23-48(69)63-46(32-77)54(74)65-43(50(59)70)28-37-18-10-17-35-14-4-5-19-39(35)37)64-53(73)45(29-38-31-62-41-21-7-6-20-40(38)41)67-52(72)44(27-34-13-11-25-60-30-34)66-55(75)47(33-78)68-56(76)49(58)36-15-2-1-3-16-36/h1-7,10-11,13-21,25,30-31,42-47,49,62,77-78H,8-9,12,22-24,26-29,32-33,57-58H2,(H2,59,70)(H,61,71)(H,63,69)(H,64,73)(H,65,74)(H,66,75)(H,67,72)(H,68,76)/t42-,43-,44-,45+,46+,47+,49-/m0/s1. The van der Waals surface area contributed by atoms with Gasteiger partial charge in [-0.3, -0.25) is 43.3 Å². The number of carbonyl (C=O) groups excluding carboxylic acids is 8. The Hall–Kier alpha value is -7.79. The van der Waals surface area contributed by atoms with Gasteiger partial charge >= 0.3 is 0 Å². The maximum atomic E-state index is 14.6. The summed E-state index contributed by atoms with van der Waals surface area (Å²) in [4.78, 5) is 117. The number of hydrogen-bond acceptors (Lipinski definition) is 13. The number of pyridine rings is 1. The minimum Gasteiger partial charge on any atom is -0.368 e. The zero-order valence-electron chi connectivity index (χ0n) is 43.0. The fourth-order valence-corrected chi connectivity index (χ4v) is 9.28. The van der Waals surface area contributed by atoms with Crippen LogP contribution in [0, 0.1) is 0 Å². The Kier molecular flexibility index (Phi) is 23.0. The summed E-state index contributed by atoms with van der Waals surface area (Å²) in [5.41, 5.74) is 21.1. The highest BCUT2D eigenvalue weighted by Gasteiger charge is 2.33. The second-order valence-corrected chi connectivity index (χ2v) is 19.5. The Balaban J connectivity index is 1.11. The van der Waals surface area contributed by atoms with E-state index in [2.05, 4.69) is 72.4 Å². The van der Waals surface area contributed by atoms with Crippen LogP contribution in [0.1, 0.15) is 60.4 Å². The van der Waals surface area contributed by atoms with Crippen LogP contribution in [-0.4, -0.2) is 118 Å². The van der Waals surface area contributed by atoms with E-state index < -0.39 is 89.6 Å². The fraction of sp³-hybridized carbons (Fsp3) is 0.339. The number of primary amides is 1. The van der Waals surface area contributed by atoms with E-state index >= 15 is 0 Å². The molecule has 78 heavy (non-hydrogen) atoms. The second-order valence-electron chi connectivity index (χ2n) is 18.7. The SMILES string of the molecule is NCCCC[C@H](NC(=O)[C@@H](Cc1c[nH]c2ccccc12)NC(=O)[C@H](Cc1cccnc1)NC(=O)[C@@H](CS)NC(=O)[C@@H](N)c1ccccc1)C(=O)NCCCC(=O)N[C@H](CS)C(=O)N[C@@H](Cc1cccc2ccccc12)C(N)=O. The van der Waals surface area contributed by atoms with Crippen LogP contribution in [0.5, 0.6) is 0 Å². The molecular formula is C56H68N12O8S2. The predicted molar refractivity (Wildman–Crippen MR) is 305 cm³/mol. The van der Waals surface area contributed by atoms with Gasteiger partial charge in [-0.1, -0.05) is 97.1 Å². The maximum Gasteiger partial charge on any atom is 0.244 e. The number of aromatic amines is 1. The molecule has 0 aliphatic carbocycles. The van der Waals surface area contributed by atoms with E-state index in [0.29, 0.717) is 36.1 Å². The molecule has 0 aliphatic rings. The molecule has 412 valence electrons.